The molecule has 0 aliphatic heterocycles. The van der Waals surface area contributed by atoms with Crippen molar-refractivity contribution in [2.24, 2.45) is 0 Å². The molecule has 1 amide bonds. The Morgan fingerprint density at radius 3 is 2.44 bits per heavy atom. The molecule has 4 rings (SSSR count). The van der Waals surface area contributed by atoms with E-state index in [-0.39, 0.29) is 12.5 Å². The van der Waals surface area contributed by atoms with Crippen LogP contribution in [-0.2, 0) is 17.9 Å². The minimum absolute atomic E-state index is 0.0375. The van der Waals surface area contributed by atoms with E-state index in [0.717, 1.165) is 12.2 Å². The van der Waals surface area contributed by atoms with Gasteiger partial charge in [0.1, 0.15) is 0 Å². The lowest BCUT2D eigenvalue weighted by Crippen LogP contribution is -2.27. The van der Waals surface area contributed by atoms with Gasteiger partial charge in [-0.2, -0.15) is 0 Å². The number of rotatable bonds is 6. The summed E-state index contributed by atoms with van der Waals surface area (Å²) >= 11 is 0. The summed E-state index contributed by atoms with van der Waals surface area (Å²) in [6.07, 6.45) is 0. The van der Waals surface area contributed by atoms with E-state index in [9.17, 15) is 4.79 Å². The Morgan fingerprint density at radius 2 is 1.63 bits per heavy atom. The van der Waals surface area contributed by atoms with Gasteiger partial charge in [0.25, 0.3) is 0 Å². The minimum atomic E-state index is -0.0375. The first-order valence-electron chi connectivity index (χ1n) is 9.31. The molecule has 0 unspecified atom stereocenters. The van der Waals surface area contributed by atoms with Gasteiger partial charge in [-0.15, -0.1) is 0 Å². The third-order valence-corrected chi connectivity index (χ3v) is 4.83. The number of fused-ring (bicyclic) bond motifs is 3. The van der Waals surface area contributed by atoms with E-state index in [1.54, 1.807) is 0 Å². The Balaban J connectivity index is 1.49. The van der Waals surface area contributed by atoms with Crippen LogP contribution >= 0.6 is 0 Å². The van der Waals surface area contributed by atoms with E-state index in [0.29, 0.717) is 6.54 Å². The van der Waals surface area contributed by atoms with Crippen molar-refractivity contribution in [2.45, 2.75) is 20.0 Å². The lowest BCUT2D eigenvalue weighted by molar-refractivity contribution is -0.115. The predicted molar refractivity (Wildman–Crippen MR) is 112 cm³/mol. The van der Waals surface area contributed by atoms with E-state index in [1.807, 2.05) is 36.4 Å². The average molecular weight is 357 g/mol. The number of hydrogen-bond donors (Lipinski definition) is 2. The van der Waals surface area contributed by atoms with Crippen LogP contribution in [0.2, 0.25) is 0 Å². The van der Waals surface area contributed by atoms with Crippen molar-refractivity contribution in [1.29, 1.82) is 0 Å². The standard InChI is InChI=1S/C23H23N3O/c1-2-26-21-11-7-6-10-19(21)20-14-18(12-13-22(20)26)25-23(27)16-24-15-17-8-4-3-5-9-17/h3-14,24H,2,15-16H2,1H3,(H,25,27). The molecule has 4 aromatic rings. The largest absolute Gasteiger partial charge is 0.341 e. The summed E-state index contributed by atoms with van der Waals surface area (Å²) in [4.78, 5) is 12.3. The first-order valence-corrected chi connectivity index (χ1v) is 9.31. The Bertz CT molecular complexity index is 1080. The number of amides is 1. The van der Waals surface area contributed by atoms with E-state index in [4.69, 9.17) is 0 Å². The minimum Gasteiger partial charge on any atom is -0.341 e. The third-order valence-electron chi connectivity index (χ3n) is 4.83. The number of aryl methyl sites for hydroxylation is 1. The summed E-state index contributed by atoms with van der Waals surface area (Å²) in [7, 11) is 0. The number of carbonyl (C=O) groups is 1. The van der Waals surface area contributed by atoms with Crippen LogP contribution < -0.4 is 10.6 Å². The highest BCUT2D eigenvalue weighted by Gasteiger charge is 2.10. The molecule has 4 nitrogen and oxygen atoms in total. The maximum absolute atomic E-state index is 12.3. The first kappa shape index (κ1) is 17.3. The Kier molecular flexibility index (Phi) is 4.90. The molecule has 27 heavy (non-hydrogen) atoms. The molecule has 3 aromatic carbocycles. The smallest absolute Gasteiger partial charge is 0.238 e. The molecule has 0 radical (unpaired) electrons. The number of anilines is 1. The molecule has 0 atom stereocenters. The summed E-state index contributed by atoms with van der Waals surface area (Å²) in [5.74, 6) is -0.0375. The molecule has 4 heteroatoms. The van der Waals surface area contributed by atoms with Crippen molar-refractivity contribution in [3.8, 4) is 0 Å². The number of nitrogens with zero attached hydrogens (tertiary/aromatic N) is 1. The number of para-hydroxylation sites is 1. The summed E-state index contributed by atoms with van der Waals surface area (Å²) < 4.78 is 2.30. The maximum Gasteiger partial charge on any atom is 0.238 e. The SMILES string of the molecule is CCn1c2ccccc2c2cc(NC(=O)CNCc3ccccc3)ccc21. The zero-order valence-corrected chi connectivity index (χ0v) is 15.4. The topological polar surface area (TPSA) is 46.1 Å². The summed E-state index contributed by atoms with van der Waals surface area (Å²) in [5, 5.41) is 8.57. The van der Waals surface area contributed by atoms with Crippen LogP contribution in [0.25, 0.3) is 21.8 Å². The second kappa shape index (κ2) is 7.64. The summed E-state index contributed by atoms with van der Waals surface area (Å²) in [6, 6.07) is 24.6. The van der Waals surface area contributed by atoms with Crippen molar-refractivity contribution < 1.29 is 4.79 Å². The van der Waals surface area contributed by atoms with E-state index in [1.165, 1.54) is 27.4 Å². The fourth-order valence-corrected chi connectivity index (χ4v) is 3.59. The summed E-state index contributed by atoms with van der Waals surface area (Å²) in [5.41, 5.74) is 4.41. The highest BCUT2D eigenvalue weighted by atomic mass is 16.1. The molecule has 136 valence electrons. The van der Waals surface area contributed by atoms with Crippen LogP contribution in [0.5, 0.6) is 0 Å². The lowest BCUT2D eigenvalue weighted by Gasteiger charge is -2.08. The maximum atomic E-state index is 12.3. The van der Waals surface area contributed by atoms with Gasteiger partial charge in [0.15, 0.2) is 0 Å². The van der Waals surface area contributed by atoms with Crippen LogP contribution in [-0.4, -0.2) is 17.0 Å². The van der Waals surface area contributed by atoms with Gasteiger partial charge in [-0.3, -0.25) is 4.79 Å². The Labute approximate surface area is 158 Å². The van der Waals surface area contributed by atoms with E-state index >= 15 is 0 Å². The fraction of sp³-hybridized carbons (Fsp3) is 0.174. The van der Waals surface area contributed by atoms with Crippen molar-refractivity contribution in [1.82, 2.24) is 9.88 Å². The van der Waals surface area contributed by atoms with E-state index in [2.05, 4.69) is 58.5 Å². The van der Waals surface area contributed by atoms with E-state index < -0.39 is 0 Å². The van der Waals surface area contributed by atoms with Gasteiger partial charge in [0.2, 0.25) is 5.91 Å². The van der Waals surface area contributed by atoms with Crippen LogP contribution in [0, 0.1) is 0 Å². The molecule has 1 aromatic heterocycles. The molecular formula is C23H23N3O. The molecule has 0 bridgehead atoms. The molecule has 0 spiro atoms. The normalized spacial score (nSPS) is 11.1. The molecule has 2 N–H and O–H groups in total. The number of nitrogens with one attached hydrogen (secondary N) is 2. The fourth-order valence-electron chi connectivity index (χ4n) is 3.59. The Hall–Kier alpha value is -3.11. The quantitative estimate of drug-likeness (QED) is 0.532. The first-order chi connectivity index (χ1) is 13.3. The van der Waals surface area contributed by atoms with Crippen LogP contribution in [0.15, 0.2) is 72.8 Å². The van der Waals surface area contributed by atoms with Gasteiger partial charge in [-0.1, -0.05) is 48.5 Å². The molecule has 0 saturated carbocycles. The van der Waals surface area contributed by atoms with Gasteiger partial charge in [-0.05, 0) is 36.8 Å². The van der Waals surface area contributed by atoms with Gasteiger partial charge in [-0.25, -0.2) is 0 Å². The Morgan fingerprint density at radius 1 is 0.889 bits per heavy atom. The highest BCUT2D eigenvalue weighted by Crippen LogP contribution is 2.30. The molecule has 0 saturated heterocycles. The number of benzene rings is 3. The third kappa shape index (κ3) is 3.57. The zero-order valence-electron chi connectivity index (χ0n) is 15.4. The van der Waals surface area contributed by atoms with Crippen molar-refractivity contribution in [3.63, 3.8) is 0 Å². The number of carbonyl (C=O) groups excluding carboxylic acids is 1. The van der Waals surface area contributed by atoms with Gasteiger partial charge in [0.05, 0.1) is 6.54 Å². The molecule has 1 heterocycles. The molecular weight excluding hydrogens is 334 g/mol. The van der Waals surface area contributed by atoms with Gasteiger partial charge in [0, 0.05) is 40.6 Å². The molecule has 0 aliphatic rings. The predicted octanol–water partition coefficient (Wildman–Crippen LogP) is 4.54. The molecule has 0 fully saturated rings. The van der Waals surface area contributed by atoms with Crippen LogP contribution in [0.3, 0.4) is 0 Å². The summed E-state index contributed by atoms with van der Waals surface area (Å²) in [6.45, 7) is 4.03. The van der Waals surface area contributed by atoms with Gasteiger partial charge < -0.3 is 15.2 Å². The van der Waals surface area contributed by atoms with Crippen LogP contribution in [0.4, 0.5) is 5.69 Å². The average Bonchev–Trinajstić information content (AvgIpc) is 3.02. The van der Waals surface area contributed by atoms with Crippen molar-refractivity contribution in [3.05, 3.63) is 78.4 Å². The number of aromatic nitrogens is 1. The van der Waals surface area contributed by atoms with Gasteiger partial charge >= 0.3 is 0 Å². The molecule has 0 aliphatic carbocycles. The zero-order chi connectivity index (χ0) is 18.6. The lowest BCUT2D eigenvalue weighted by atomic mass is 10.1. The number of hydrogen-bond acceptors (Lipinski definition) is 2. The van der Waals surface area contributed by atoms with Crippen molar-refractivity contribution >= 4 is 33.4 Å². The second-order valence-corrected chi connectivity index (χ2v) is 6.63. The second-order valence-electron chi connectivity index (χ2n) is 6.63. The highest BCUT2D eigenvalue weighted by molar-refractivity contribution is 6.09. The monoisotopic (exact) mass is 357 g/mol. The van der Waals surface area contributed by atoms with Crippen molar-refractivity contribution in [2.75, 3.05) is 11.9 Å². The van der Waals surface area contributed by atoms with Crippen LogP contribution in [0.1, 0.15) is 12.5 Å².